The van der Waals surface area contributed by atoms with Crippen LogP contribution in [-0.4, -0.2) is 7.11 Å². The second kappa shape index (κ2) is 8.41. The average molecular weight is 404 g/mol. The van der Waals surface area contributed by atoms with Gasteiger partial charge < -0.3 is 13.9 Å². The van der Waals surface area contributed by atoms with Crippen molar-refractivity contribution < 1.29 is 18.3 Å². The summed E-state index contributed by atoms with van der Waals surface area (Å²) < 4.78 is 30.4. The minimum Gasteiger partial charge on any atom is -0.497 e. The fourth-order valence-electron chi connectivity index (χ4n) is 3.24. The predicted molar refractivity (Wildman–Crippen MR) is 115 cm³/mol. The molecule has 1 heterocycles. The summed E-state index contributed by atoms with van der Waals surface area (Å²) in [6, 6.07) is 18.8. The Morgan fingerprint density at radius 1 is 0.933 bits per heavy atom. The van der Waals surface area contributed by atoms with Gasteiger partial charge >= 0.3 is 0 Å². The normalized spacial score (nSPS) is 10.9. The lowest BCUT2D eigenvalue weighted by Gasteiger charge is -2.13. The van der Waals surface area contributed by atoms with Crippen molar-refractivity contribution in [2.75, 3.05) is 7.11 Å². The smallest absolute Gasteiger partial charge is 0.235 e. The summed E-state index contributed by atoms with van der Waals surface area (Å²) in [4.78, 5) is 13.3. The third-order valence-corrected chi connectivity index (χ3v) is 4.97. The highest BCUT2D eigenvalue weighted by Crippen LogP contribution is 2.32. The van der Waals surface area contributed by atoms with Gasteiger partial charge in [0.05, 0.1) is 12.5 Å². The summed E-state index contributed by atoms with van der Waals surface area (Å²) in [6.07, 6.45) is 0.807. The van der Waals surface area contributed by atoms with Crippen molar-refractivity contribution in [3.63, 3.8) is 0 Å². The van der Waals surface area contributed by atoms with Gasteiger partial charge in [0.2, 0.25) is 11.2 Å². The molecule has 0 N–H and O–H groups in total. The van der Waals surface area contributed by atoms with Crippen molar-refractivity contribution in [3.8, 4) is 22.8 Å². The summed E-state index contributed by atoms with van der Waals surface area (Å²) in [5, 5.41) is 0.473. The highest BCUT2D eigenvalue weighted by atomic mass is 19.1. The lowest BCUT2D eigenvalue weighted by atomic mass is 10.1. The summed E-state index contributed by atoms with van der Waals surface area (Å²) in [5.74, 6) is 0.852. The fraction of sp³-hybridized carbons (Fsp3) is 0.160. The molecule has 0 aliphatic carbocycles. The van der Waals surface area contributed by atoms with Gasteiger partial charge in [0, 0.05) is 5.56 Å². The summed E-state index contributed by atoms with van der Waals surface area (Å²) in [5.41, 5.74) is 2.75. The molecule has 0 aliphatic rings. The van der Waals surface area contributed by atoms with E-state index in [1.54, 1.807) is 31.4 Å². The molecule has 0 saturated carbocycles. The van der Waals surface area contributed by atoms with Crippen LogP contribution in [0.5, 0.6) is 11.5 Å². The van der Waals surface area contributed by atoms with Crippen molar-refractivity contribution in [2.45, 2.75) is 20.0 Å². The molecule has 0 unspecified atom stereocenters. The first-order chi connectivity index (χ1) is 14.6. The molecule has 4 nitrogen and oxygen atoms in total. The van der Waals surface area contributed by atoms with Crippen molar-refractivity contribution in [1.82, 2.24) is 0 Å². The van der Waals surface area contributed by atoms with Crippen LogP contribution in [-0.2, 0) is 13.0 Å². The molecule has 5 heteroatoms. The van der Waals surface area contributed by atoms with E-state index in [0.717, 1.165) is 17.5 Å². The average Bonchev–Trinajstić information content (AvgIpc) is 2.79. The zero-order chi connectivity index (χ0) is 21.1. The molecule has 30 heavy (non-hydrogen) atoms. The van der Waals surface area contributed by atoms with Gasteiger partial charge in [-0.15, -0.1) is 0 Å². The number of aryl methyl sites for hydroxylation is 1. The third kappa shape index (κ3) is 3.92. The number of hydrogen-bond donors (Lipinski definition) is 0. The van der Waals surface area contributed by atoms with Gasteiger partial charge in [-0.1, -0.05) is 25.1 Å². The standard InChI is InChI=1S/C25H21FO4/c1-3-16-6-13-22-21(14-16)23(27)25(29-15-17-4-9-19(26)10-5-17)24(30-22)18-7-11-20(28-2)12-8-18/h4-14H,3,15H2,1-2H3. The fourth-order valence-corrected chi connectivity index (χ4v) is 3.24. The maximum Gasteiger partial charge on any atom is 0.235 e. The Bertz CT molecular complexity index is 1230. The molecule has 0 fully saturated rings. The molecule has 0 aliphatic heterocycles. The summed E-state index contributed by atoms with van der Waals surface area (Å²) in [7, 11) is 1.59. The van der Waals surface area contributed by atoms with E-state index in [-0.39, 0.29) is 23.6 Å². The maximum atomic E-state index is 13.3. The first kappa shape index (κ1) is 19.7. The Kier molecular flexibility index (Phi) is 5.53. The van der Waals surface area contributed by atoms with Gasteiger partial charge in [-0.3, -0.25) is 4.79 Å². The maximum absolute atomic E-state index is 13.3. The lowest BCUT2D eigenvalue weighted by Crippen LogP contribution is -2.10. The molecular formula is C25H21FO4. The van der Waals surface area contributed by atoms with Gasteiger partial charge in [-0.05, 0) is 66.1 Å². The second-order valence-electron chi connectivity index (χ2n) is 6.92. The Morgan fingerprint density at radius 2 is 1.63 bits per heavy atom. The van der Waals surface area contributed by atoms with Crippen LogP contribution in [0, 0.1) is 5.82 Å². The molecule has 0 saturated heterocycles. The van der Waals surface area contributed by atoms with E-state index in [9.17, 15) is 9.18 Å². The predicted octanol–water partition coefficient (Wildman–Crippen LogP) is 5.75. The molecule has 4 aromatic rings. The van der Waals surface area contributed by atoms with E-state index in [0.29, 0.717) is 28.0 Å². The monoisotopic (exact) mass is 404 g/mol. The van der Waals surface area contributed by atoms with Crippen molar-refractivity contribution in [1.29, 1.82) is 0 Å². The number of halogens is 1. The van der Waals surface area contributed by atoms with Gasteiger partial charge in [0.15, 0.2) is 5.76 Å². The van der Waals surface area contributed by atoms with E-state index in [4.69, 9.17) is 13.9 Å². The molecule has 3 aromatic carbocycles. The Balaban J connectivity index is 1.83. The Labute approximate surface area is 173 Å². The van der Waals surface area contributed by atoms with Gasteiger partial charge in [-0.2, -0.15) is 0 Å². The molecular weight excluding hydrogens is 383 g/mol. The number of rotatable bonds is 6. The van der Waals surface area contributed by atoms with Crippen molar-refractivity contribution in [2.24, 2.45) is 0 Å². The quantitative estimate of drug-likeness (QED) is 0.411. The van der Waals surface area contributed by atoms with E-state index >= 15 is 0 Å². The number of hydrogen-bond acceptors (Lipinski definition) is 4. The Hall–Kier alpha value is -3.60. The van der Waals surface area contributed by atoms with Crippen molar-refractivity contribution in [3.05, 3.63) is 93.9 Å². The largest absolute Gasteiger partial charge is 0.497 e. The van der Waals surface area contributed by atoms with E-state index < -0.39 is 0 Å². The SMILES string of the molecule is CCc1ccc2oc(-c3ccc(OC)cc3)c(OCc3ccc(F)cc3)c(=O)c2c1. The van der Waals surface area contributed by atoms with Crippen LogP contribution in [0.2, 0.25) is 0 Å². The molecule has 0 atom stereocenters. The highest BCUT2D eigenvalue weighted by Gasteiger charge is 2.18. The van der Waals surface area contributed by atoms with Gasteiger partial charge in [-0.25, -0.2) is 4.39 Å². The first-order valence-electron chi connectivity index (χ1n) is 9.70. The summed E-state index contributed by atoms with van der Waals surface area (Å²) in [6.45, 7) is 2.15. The van der Waals surface area contributed by atoms with Crippen LogP contribution in [0.3, 0.4) is 0 Å². The molecule has 0 amide bonds. The van der Waals surface area contributed by atoms with E-state index in [1.807, 2.05) is 37.3 Å². The molecule has 4 rings (SSSR count). The van der Waals surface area contributed by atoms with E-state index in [1.165, 1.54) is 12.1 Å². The minimum atomic E-state index is -0.324. The highest BCUT2D eigenvalue weighted by molar-refractivity contribution is 5.82. The molecule has 0 spiro atoms. The summed E-state index contributed by atoms with van der Waals surface area (Å²) >= 11 is 0. The number of ether oxygens (including phenoxy) is 2. The van der Waals surface area contributed by atoms with Crippen LogP contribution in [0.1, 0.15) is 18.1 Å². The lowest BCUT2D eigenvalue weighted by molar-refractivity contribution is 0.297. The van der Waals surface area contributed by atoms with E-state index in [2.05, 4.69) is 0 Å². The van der Waals surface area contributed by atoms with Crippen LogP contribution in [0.4, 0.5) is 4.39 Å². The van der Waals surface area contributed by atoms with Gasteiger partial charge in [0.1, 0.15) is 23.8 Å². The molecule has 1 aromatic heterocycles. The topological polar surface area (TPSA) is 48.7 Å². The zero-order valence-corrected chi connectivity index (χ0v) is 16.8. The van der Waals surface area contributed by atoms with Crippen LogP contribution < -0.4 is 14.9 Å². The van der Waals surface area contributed by atoms with Crippen LogP contribution in [0.15, 0.2) is 75.9 Å². The minimum absolute atomic E-state index is 0.118. The van der Waals surface area contributed by atoms with Crippen LogP contribution in [0.25, 0.3) is 22.3 Å². The second-order valence-corrected chi connectivity index (χ2v) is 6.92. The first-order valence-corrected chi connectivity index (χ1v) is 9.70. The number of fused-ring (bicyclic) bond motifs is 1. The third-order valence-electron chi connectivity index (χ3n) is 4.97. The molecule has 0 radical (unpaired) electrons. The number of benzene rings is 3. The van der Waals surface area contributed by atoms with Crippen LogP contribution >= 0.6 is 0 Å². The number of methoxy groups -OCH3 is 1. The Morgan fingerprint density at radius 3 is 2.30 bits per heavy atom. The zero-order valence-electron chi connectivity index (χ0n) is 16.8. The molecule has 0 bridgehead atoms. The van der Waals surface area contributed by atoms with Crippen molar-refractivity contribution >= 4 is 11.0 Å². The molecule has 152 valence electrons. The van der Waals surface area contributed by atoms with Gasteiger partial charge in [0.25, 0.3) is 0 Å².